The number of imide groups is 1. The lowest BCUT2D eigenvalue weighted by Crippen LogP contribution is -2.35. The van der Waals surface area contributed by atoms with E-state index < -0.39 is 0 Å². The smallest absolute Gasteiger partial charge is 0.324 e. The van der Waals surface area contributed by atoms with Gasteiger partial charge in [0.25, 0.3) is 5.56 Å². The van der Waals surface area contributed by atoms with E-state index in [1.54, 1.807) is 22.8 Å². The summed E-state index contributed by atoms with van der Waals surface area (Å²) in [6.07, 6.45) is 0. The molecule has 0 atom stereocenters. The highest BCUT2D eigenvalue weighted by molar-refractivity contribution is 7.99. The molecule has 1 N–H and O–H groups in total. The average Bonchev–Trinajstić information content (AvgIpc) is 3.13. The number of benzene rings is 2. The van der Waals surface area contributed by atoms with Gasteiger partial charge in [-0.15, -0.1) is 0 Å². The Labute approximate surface area is 171 Å². The van der Waals surface area contributed by atoms with E-state index in [2.05, 4.69) is 10.3 Å². The molecule has 0 spiro atoms. The number of hydrogen-bond donors (Lipinski definition) is 1. The van der Waals surface area contributed by atoms with Crippen LogP contribution in [0.5, 0.6) is 0 Å². The summed E-state index contributed by atoms with van der Waals surface area (Å²) in [5, 5.41) is 3.56. The number of para-hydroxylation sites is 1. The lowest BCUT2D eigenvalue weighted by Gasteiger charge is -2.16. The van der Waals surface area contributed by atoms with E-state index in [-0.39, 0.29) is 23.3 Å². The summed E-state index contributed by atoms with van der Waals surface area (Å²) in [7, 11) is 0. The summed E-state index contributed by atoms with van der Waals surface area (Å²) in [5.74, 6) is -0.289. The van der Waals surface area contributed by atoms with E-state index in [1.165, 1.54) is 4.90 Å². The van der Waals surface area contributed by atoms with Gasteiger partial charge >= 0.3 is 6.03 Å². The van der Waals surface area contributed by atoms with Crippen LogP contribution in [0.2, 0.25) is 0 Å². The highest BCUT2D eigenvalue weighted by Crippen LogP contribution is 2.24. The summed E-state index contributed by atoms with van der Waals surface area (Å²) < 4.78 is 1.55. The summed E-state index contributed by atoms with van der Waals surface area (Å²) in [6.45, 7) is 4.75. The van der Waals surface area contributed by atoms with Crippen LogP contribution in [0.4, 0.5) is 4.79 Å². The van der Waals surface area contributed by atoms with Crippen molar-refractivity contribution in [1.82, 2.24) is 19.8 Å². The van der Waals surface area contributed by atoms with Crippen molar-refractivity contribution < 1.29 is 9.59 Å². The Hall–Kier alpha value is -3.13. The van der Waals surface area contributed by atoms with Crippen molar-refractivity contribution in [3.63, 3.8) is 0 Å². The first kappa shape index (κ1) is 19.2. The summed E-state index contributed by atoms with van der Waals surface area (Å²) in [4.78, 5) is 43.3. The zero-order valence-electron chi connectivity index (χ0n) is 16.1. The standard InChI is InChI=1S/C21H20N4O3S/c1-13-7-8-17(14(2)11-13)25-19(27)15-5-3-4-6-16(15)23-21(25)29-12-18(26)24-10-9-22-20(24)28/h3-8,11H,9-10,12H2,1-2H3,(H,22,28). The highest BCUT2D eigenvalue weighted by Gasteiger charge is 2.26. The first-order valence-electron chi connectivity index (χ1n) is 9.26. The van der Waals surface area contributed by atoms with Crippen molar-refractivity contribution in [3.05, 3.63) is 63.9 Å². The molecule has 1 saturated heterocycles. The van der Waals surface area contributed by atoms with Gasteiger partial charge in [0.05, 0.1) is 22.3 Å². The third kappa shape index (κ3) is 3.63. The molecule has 1 aliphatic rings. The second kappa shape index (κ2) is 7.71. The minimum absolute atomic E-state index is 0.0170. The number of aromatic nitrogens is 2. The molecule has 1 fully saturated rings. The molecule has 148 valence electrons. The number of rotatable bonds is 4. The number of nitrogens with one attached hydrogen (secondary N) is 1. The van der Waals surface area contributed by atoms with Crippen molar-refractivity contribution in [2.75, 3.05) is 18.8 Å². The van der Waals surface area contributed by atoms with E-state index in [1.807, 2.05) is 38.1 Å². The van der Waals surface area contributed by atoms with Gasteiger partial charge in [-0.25, -0.2) is 9.78 Å². The molecule has 3 aromatic rings. The molecule has 4 rings (SSSR count). The lowest BCUT2D eigenvalue weighted by atomic mass is 10.1. The number of aryl methyl sites for hydroxylation is 2. The van der Waals surface area contributed by atoms with Crippen LogP contribution in [0.25, 0.3) is 16.6 Å². The Morgan fingerprint density at radius 1 is 1.17 bits per heavy atom. The number of fused-ring (bicyclic) bond motifs is 1. The number of amides is 3. The van der Waals surface area contributed by atoms with Gasteiger partial charge in [0.2, 0.25) is 5.91 Å². The molecule has 3 amide bonds. The maximum absolute atomic E-state index is 13.3. The summed E-state index contributed by atoms with van der Waals surface area (Å²) in [5.41, 5.74) is 3.16. The van der Waals surface area contributed by atoms with Gasteiger partial charge in [-0.1, -0.05) is 41.6 Å². The van der Waals surface area contributed by atoms with Gasteiger partial charge in [0, 0.05) is 13.1 Å². The molecule has 7 nitrogen and oxygen atoms in total. The molecule has 1 aromatic heterocycles. The summed E-state index contributed by atoms with van der Waals surface area (Å²) in [6, 6.07) is 12.6. The Balaban J connectivity index is 1.78. The molecule has 2 heterocycles. The first-order valence-corrected chi connectivity index (χ1v) is 10.2. The largest absolute Gasteiger partial charge is 0.336 e. The van der Waals surface area contributed by atoms with E-state index in [0.717, 1.165) is 28.6 Å². The zero-order valence-corrected chi connectivity index (χ0v) is 17.0. The van der Waals surface area contributed by atoms with Crippen LogP contribution in [-0.4, -0.2) is 45.2 Å². The number of carbonyl (C=O) groups excluding carboxylic acids is 2. The van der Waals surface area contributed by atoms with Crippen LogP contribution in [0, 0.1) is 13.8 Å². The molecule has 1 aliphatic heterocycles. The van der Waals surface area contributed by atoms with Crippen LogP contribution >= 0.6 is 11.8 Å². The van der Waals surface area contributed by atoms with E-state index in [9.17, 15) is 14.4 Å². The maximum atomic E-state index is 13.3. The van der Waals surface area contributed by atoms with E-state index >= 15 is 0 Å². The number of nitrogens with zero attached hydrogens (tertiary/aromatic N) is 3. The predicted octanol–water partition coefficient (Wildman–Crippen LogP) is 2.65. The second-order valence-corrected chi connectivity index (χ2v) is 7.85. The number of thioether (sulfide) groups is 1. The van der Waals surface area contributed by atoms with Crippen LogP contribution in [0.15, 0.2) is 52.4 Å². The van der Waals surface area contributed by atoms with Crippen LogP contribution < -0.4 is 10.9 Å². The average molecular weight is 408 g/mol. The fourth-order valence-electron chi connectivity index (χ4n) is 3.39. The highest BCUT2D eigenvalue weighted by atomic mass is 32.2. The quantitative estimate of drug-likeness (QED) is 0.530. The van der Waals surface area contributed by atoms with Gasteiger partial charge < -0.3 is 5.32 Å². The zero-order chi connectivity index (χ0) is 20.5. The van der Waals surface area contributed by atoms with Gasteiger partial charge in [0.1, 0.15) is 0 Å². The Morgan fingerprint density at radius 3 is 2.69 bits per heavy atom. The van der Waals surface area contributed by atoms with Crippen molar-refractivity contribution in [2.45, 2.75) is 19.0 Å². The Bertz CT molecular complexity index is 1190. The second-order valence-electron chi connectivity index (χ2n) is 6.91. The third-order valence-electron chi connectivity index (χ3n) is 4.82. The van der Waals surface area contributed by atoms with Crippen molar-refractivity contribution >= 4 is 34.6 Å². The van der Waals surface area contributed by atoms with Crippen LogP contribution in [0.3, 0.4) is 0 Å². The van der Waals surface area contributed by atoms with Gasteiger partial charge in [0.15, 0.2) is 5.16 Å². The van der Waals surface area contributed by atoms with Gasteiger partial charge in [-0.05, 0) is 37.6 Å². The van der Waals surface area contributed by atoms with E-state index in [0.29, 0.717) is 29.1 Å². The minimum Gasteiger partial charge on any atom is -0.336 e. The summed E-state index contributed by atoms with van der Waals surface area (Å²) >= 11 is 1.16. The predicted molar refractivity (Wildman–Crippen MR) is 113 cm³/mol. The maximum Gasteiger partial charge on any atom is 0.324 e. The van der Waals surface area contributed by atoms with Crippen LogP contribution in [-0.2, 0) is 4.79 Å². The molecule has 2 aromatic carbocycles. The molecule has 8 heteroatoms. The van der Waals surface area contributed by atoms with Gasteiger partial charge in [-0.3, -0.25) is 19.1 Å². The SMILES string of the molecule is Cc1ccc(-n2c(SCC(=O)N3CCNC3=O)nc3ccccc3c2=O)c(C)c1. The minimum atomic E-state index is -0.381. The molecular weight excluding hydrogens is 388 g/mol. The normalized spacial score (nSPS) is 13.7. The Morgan fingerprint density at radius 2 is 1.97 bits per heavy atom. The lowest BCUT2D eigenvalue weighted by molar-refractivity contribution is -0.124. The molecule has 0 bridgehead atoms. The van der Waals surface area contributed by atoms with Gasteiger partial charge in [-0.2, -0.15) is 0 Å². The molecule has 0 unspecified atom stereocenters. The fraction of sp³-hybridized carbons (Fsp3) is 0.238. The third-order valence-corrected chi connectivity index (χ3v) is 5.74. The molecule has 29 heavy (non-hydrogen) atoms. The fourth-order valence-corrected chi connectivity index (χ4v) is 4.27. The Kier molecular flexibility index (Phi) is 5.10. The number of hydrogen-bond acceptors (Lipinski definition) is 5. The first-order chi connectivity index (χ1) is 14.0. The van der Waals surface area contributed by atoms with Crippen LogP contribution in [0.1, 0.15) is 11.1 Å². The topological polar surface area (TPSA) is 84.3 Å². The molecular formula is C21H20N4O3S. The molecule has 0 radical (unpaired) electrons. The van der Waals surface area contributed by atoms with Crippen molar-refractivity contribution in [3.8, 4) is 5.69 Å². The van der Waals surface area contributed by atoms with Crippen molar-refractivity contribution in [1.29, 1.82) is 0 Å². The number of carbonyl (C=O) groups is 2. The van der Waals surface area contributed by atoms with Crippen molar-refractivity contribution in [2.24, 2.45) is 0 Å². The molecule has 0 saturated carbocycles. The van der Waals surface area contributed by atoms with E-state index in [4.69, 9.17) is 0 Å². The monoisotopic (exact) mass is 408 g/mol. The number of urea groups is 1. The molecule has 0 aliphatic carbocycles.